The molecule has 0 saturated carbocycles. The van der Waals surface area contributed by atoms with E-state index in [9.17, 15) is 10.2 Å². The fourth-order valence-corrected chi connectivity index (χ4v) is 2.54. The van der Waals surface area contributed by atoms with E-state index in [-0.39, 0.29) is 11.5 Å². The van der Waals surface area contributed by atoms with Crippen molar-refractivity contribution in [2.75, 3.05) is 0 Å². The van der Waals surface area contributed by atoms with E-state index in [1.165, 1.54) is 57.4 Å². The third-order valence-corrected chi connectivity index (χ3v) is 4.02. The van der Waals surface area contributed by atoms with E-state index < -0.39 is 0 Å². The van der Waals surface area contributed by atoms with Gasteiger partial charge in [-0.25, -0.2) is 0 Å². The van der Waals surface area contributed by atoms with Gasteiger partial charge in [0, 0.05) is 5.56 Å². The molecular weight excluding hydrogens is 296 g/mol. The maximum absolute atomic E-state index is 9.66. The molecule has 132 valence electrons. The van der Waals surface area contributed by atoms with Crippen LogP contribution in [0, 0.1) is 0 Å². The summed E-state index contributed by atoms with van der Waals surface area (Å²) in [5.41, 5.74) is 0.613. The Balaban J connectivity index is 2.09. The molecule has 0 atom stereocenters. The molecule has 0 radical (unpaired) electrons. The quantitative estimate of drug-likeness (QED) is 0.253. The highest BCUT2D eigenvalue weighted by Crippen LogP contribution is 2.28. The molecule has 0 unspecified atom stereocenters. The normalized spacial score (nSPS) is 12.0. The van der Waals surface area contributed by atoms with E-state index in [0.29, 0.717) is 5.56 Å². The fourth-order valence-electron chi connectivity index (χ4n) is 2.54. The Morgan fingerprint density at radius 1 is 0.792 bits per heavy atom. The first-order valence-corrected chi connectivity index (χ1v) is 9.26. The molecule has 2 N–H and O–H groups in total. The summed E-state index contributed by atoms with van der Waals surface area (Å²) in [6.45, 7) is 2.26. The SMILES string of the molecule is CCCCCCCCCCC=CC=CC=Cc1cccc(O)c1O. The lowest BCUT2D eigenvalue weighted by Gasteiger charge is -1.99. The summed E-state index contributed by atoms with van der Waals surface area (Å²) in [5.74, 6) is -0.168. The van der Waals surface area contributed by atoms with Crippen LogP contribution in [0.2, 0.25) is 0 Å². The van der Waals surface area contributed by atoms with Gasteiger partial charge in [-0.15, -0.1) is 0 Å². The van der Waals surface area contributed by atoms with E-state index in [2.05, 4.69) is 19.1 Å². The van der Waals surface area contributed by atoms with Crippen LogP contribution in [-0.4, -0.2) is 10.2 Å². The lowest BCUT2D eigenvalue weighted by Crippen LogP contribution is -1.79. The van der Waals surface area contributed by atoms with Crippen LogP contribution in [0.15, 0.2) is 48.6 Å². The lowest BCUT2D eigenvalue weighted by molar-refractivity contribution is 0.403. The molecule has 0 aromatic heterocycles. The van der Waals surface area contributed by atoms with Crippen LogP contribution in [0.25, 0.3) is 6.08 Å². The number of hydrogen-bond acceptors (Lipinski definition) is 2. The summed E-state index contributed by atoms with van der Waals surface area (Å²) >= 11 is 0. The zero-order chi connectivity index (χ0) is 17.5. The minimum absolute atomic E-state index is 0.0765. The maximum Gasteiger partial charge on any atom is 0.164 e. The van der Waals surface area contributed by atoms with Gasteiger partial charge in [-0.05, 0) is 18.9 Å². The van der Waals surface area contributed by atoms with Crippen molar-refractivity contribution in [2.45, 2.75) is 64.7 Å². The second kappa shape index (κ2) is 13.5. The molecule has 1 aromatic rings. The zero-order valence-electron chi connectivity index (χ0n) is 15.0. The number of phenolic OH excluding ortho intramolecular Hbond substituents is 2. The molecule has 0 aliphatic rings. The van der Waals surface area contributed by atoms with E-state index >= 15 is 0 Å². The van der Waals surface area contributed by atoms with Gasteiger partial charge in [-0.2, -0.15) is 0 Å². The highest BCUT2D eigenvalue weighted by molar-refractivity contribution is 5.62. The smallest absolute Gasteiger partial charge is 0.164 e. The molecule has 0 saturated heterocycles. The van der Waals surface area contributed by atoms with Crippen molar-refractivity contribution in [1.82, 2.24) is 0 Å². The van der Waals surface area contributed by atoms with Crippen LogP contribution in [0.4, 0.5) is 0 Å². The number of allylic oxidation sites excluding steroid dienone is 5. The van der Waals surface area contributed by atoms with Crippen LogP contribution in [-0.2, 0) is 0 Å². The zero-order valence-corrected chi connectivity index (χ0v) is 15.0. The molecule has 0 heterocycles. The van der Waals surface area contributed by atoms with Crippen molar-refractivity contribution < 1.29 is 10.2 Å². The van der Waals surface area contributed by atoms with E-state index in [4.69, 9.17) is 0 Å². The number of unbranched alkanes of at least 4 members (excludes halogenated alkanes) is 8. The summed E-state index contributed by atoms with van der Waals surface area (Å²) in [7, 11) is 0. The van der Waals surface area contributed by atoms with Crippen molar-refractivity contribution in [2.24, 2.45) is 0 Å². The Hall–Kier alpha value is -1.96. The molecule has 1 rings (SSSR count). The molecule has 2 heteroatoms. The second-order valence-corrected chi connectivity index (χ2v) is 6.15. The fraction of sp³-hybridized carbons (Fsp3) is 0.455. The van der Waals surface area contributed by atoms with E-state index in [0.717, 1.165) is 6.42 Å². The third kappa shape index (κ3) is 9.24. The molecule has 0 aliphatic carbocycles. The largest absolute Gasteiger partial charge is 0.504 e. The highest BCUT2D eigenvalue weighted by atomic mass is 16.3. The van der Waals surface area contributed by atoms with Gasteiger partial charge in [0.15, 0.2) is 11.5 Å². The van der Waals surface area contributed by atoms with Crippen molar-refractivity contribution in [3.05, 3.63) is 54.1 Å². The summed E-state index contributed by atoms with van der Waals surface area (Å²) in [4.78, 5) is 0. The number of aromatic hydroxyl groups is 2. The number of hydrogen-bond donors (Lipinski definition) is 2. The van der Waals surface area contributed by atoms with Gasteiger partial charge in [0.2, 0.25) is 0 Å². The predicted molar refractivity (Wildman–Crippen MR) is 104 cm³/mol. The van der Waals surface area contributed by atoms with Gasteiger partial charge in [0.1, 0.15) is 0 Å². The van der Waals surface area contributed by atoms with Crippen molar-refractivity contribution >= 4 is 6.08 Å². The van der Waals surface area contributed by atoms with Gasteiger partial charge < -0.3 is 10.2 Å². The molecule has 0 aliphatic heterocycles. The Morgan fingerprint density at radius 2 is 1.46 bits per heavy atom. The average Bonchev–Trinajstić information content (AvgIpc) is 2.58. The summed E-state index contributed by atoms with van der Waals surface area (Å²) in [5, 5.41) is 19.1. The minimum atomic E-state index is -0.0913. The maximum atomic E-state index is 9.66. The average molecular weight is 328 g/mol. The molecule has 0 amide bonds. The van der Waals surface area contributed by atoms with Crippen LogP contribution >= 0.6 is 0 Å². The Kier molecular flexibility index (Phi) is 11.3. The molecule has 1 aromatic carbocycles. The monoisotopic (exact) mass is 328 g/mol. The van der Waals surface area contributed by atoms with Crippen LogP contribution < -0.4 is 0 Å². The first-order valence-electron chi connectivity index (χ1n) is 9.26. The highest BCUT2D eigenvalue weighted by Gasteiger charge is 2.00. The first kappa shape index (κ1) is 20.1. The van der Waals surface area contributed by atoms with Gasteiger partial charge >= 0.3 is 0 Å². The minimum Gasteiger partial charge on any atom is -0.504 e. The number of rotatable bonds is 12. The van der Waals surface area contributed by atoms with Crippen LogP contribution in [0.1, 0.15) is 70.3 Å². The van der Waals surface area contributed by atoms with E-state index in [1.807, 2.05) is 18.2 Å². The summed E-state index contributed by atoms with van der Waals surface area (Å²) in [6.07, 6.45) is 23.8. The molecule has 24 heavy (non-hydrogen) atoms. The molecular formula is C22H32O2. The van der Waals surface area contributed by atoms with Gasteiger partial charge in [0.05, 0.1) is 0 Å². The van der Waals surface area contributed by atoms with Gasteiger partial charge in [-0.1, -0.05) is 100 Å². The Morgan fingerprint density at radius 3 is 2.21 bits per heavy atom. The summed E-state index contributed by atoms with van der Waals surface area (Å²) < 4.78 is 0. The third-order valence-electron chi connectivity index (χ3n) is 4.02. The molecule has 0 fully saturated rings. The number of para-hydroxylation sites is 1. The van der Waals surface area contributed by atoms with Crippen LogP contribution in [0.3, 0.4) is 0 Å². The second-order valence-electron chi connectivity index (χ2n) is 6.15. The van der Waals surface area contributed by atoms with Crippen molar-refractivity contribution in [3.63, 3.8) is 0 Å². The number of phenols is 2. The predicted octanol–water partition coefficient (Wildman–Crippen LogP) is 6.75. The van der Waals surface area contributed by atoms with Crippen LogP contribution in [0.5, 0.6) is 11.5 Å². The molecule has 0 bridgehead atoms. The molecule has 0 spiro atoms. The first-order chi connectivity index (χ1) is 11.8. The van der Waals surface area contributed by atoms with Gasteiger partial charge in [-0.3, -0.25) is 0 Å². The standard InChI is InChI=1S/C22H32O2/c1-2-3-4-5-6-7-8-9-10-11-12-13-14-15-17-20-18-16-19-21(23)22(20)24/h11-19,23-24H,2-10H2,1H3. The van der Waals surface area contributed by atoms with Gasteiger partial charge in [0.25, 0.3) is 0 Å². The van der Waals surface area contributed by atoms with E-state index in [1.54, 1.807) is 18.2 Å². The lowest BCUT2D eigenvalue weighted by atomic mass is 10.1. The van der Waals surface area contributed by atoms with Crippen molar-refractivity contribution in [1.29, 1.82) is 0 Å². The Labute approximate surface area is 147 Å². The topological polar surface area (TPSA) is 40.5 Å². The number of benzene rings is 1. The Bertz CT molecular complexity index is 527. The van der Waals surface area contributed by atoms with Crippen molar-refractivity contribution in [3.8, 4) is 11.5 Å². The molecule has 2 nitrogen and oxygen atoms in total. The summed E-state index contributed by atoms with van der Waals surface area (Å²) in [6, 6.07) is 4.94.